The summed E-state index contributed by atoms with van der Waals surface area (Å²) in [4.78, 5) is 0. The van der Waals surface area contributed by atoms with E-state index in [2.05, 4.69) is 45.0 Å². The van der Waals surface area contributed by atoms with Gasteiger partial charge in [0.2, 0.25) is 0 Å². The highest BCUT2D eigenvalue weighted by atomic mass is 14.7. The maximum absolute atomic E-state index is 6.50. The lowest BCUT2D eigenvalue weighted by atomic mass is 9.84. The summed E-state index contributed by atoms with van der Waals surface area (Å²) in [5.74, 6) is 0.683. The zero-order chi connectivity index (χ0) is 13.9. The van der Waals surface area contributed by atoms with Crippen LogP contribution >= 0.6 is 0 Å². The van der Waals surface area contributed by atoms with Gasteiger partial charge in [-0.25, -0.2) is 0 Å². The Morgan fingerprint density at radius 2 is 1.47 bits per heavy atom. The smallest absolute Gasteiger partial charge is 0.0323 e. The molecule has 1 aliphatic carbocycles. The predicted octanol–water partition coefficient (Wildman–Crippen LogP) is 4.95. The van der Waals surface area contributed by atoms with Crippen molar-refractivity contribution in [3.8, 4) is 0 Å². The van der Waals surface area contributed by atoms with Crippen molar-refractivity contribution >= 4 is 0 Å². The van der Waals surface area contributed by atoms with Gasteiger partial charge in [-0.1, -0.05) is 70.7 Å². The quantitative estimate of drug-likeness (QED) is 0.747. The second-order valence-electron chi connectivity index (χ2n) is 7.15. The van der Waals surface area contributed by atoms with Gasteiger partial charge in [-0.3, -0.25) is 0 Å². The second kappa shape index (κ2) is 6.09. The van der Waals surface area contributed by atoms with Crippen LogP contribution in [0.5, 0.6) is 0 Å². The van der Waals surface area contributed by atoms with Crippen LogP contribution in [-0.2, 0) is 5.41 Å². The minimum atomic E-state index is 0.227. The number of hydrogen-bond acceptors (Lipinski definition) is 1. The number of hydrogen-bond donors (Lipinski definition) is 1. The zero-order valence-corrected chi connectivity index (χ0v) is 12.8. The van der Waals surface area contributed by atoms with Crippen LogP contribution in [0.1, 0.15) is 76.5 Å². The van der Waals surface area contributed by atoms with Crippen LogP contribution in [0.15, 0.2) is 24.3 Å². The standard InChI is InChI=1S/C18H29N/c1-18(2,3)16-12-10-15(11-13-16)17(19)14-8-6-4-5-7-9-14/h10-14,17H,4-9,19H2,1-3H3. The Hall–Kier alpha value is -0.820. The van der Waals surface area contributed by atoms with E-state index in [1.54, 1.807) is 0 Å². The normalized spacial score (nSPS) is 20.0. The van der Waals surface area contributed by atoms with Crippen molar-refractivity contribution in [3.05, 3.63) is 35.4 Å². The minimum absolute atomic E-state index is 0.227. The summed E-state index contributed by atoms with van der Waals surface area (Å²) in [5, 5.41) is 0. The first-order valence-corrected chi connectivity index (χ1v) is 7.84. The number of benzene rings is 1. The topological polar surface area (TPSA) is 26.0 Å². The van der Waals surface area contributed by atoms with Crippen molar-refractivity contribution < 1.29 is 0 Å². The summed E-state index contributed by atoms with van der Waals surface area (Å²) in [6, 6.07) is 9.23. The van der Waals surface area contributed by atoms with Gasteiger partial charge >= 0.3 is 0 Å². The van der Waals surface area contributed by atoms with Crippen LogP contribution in [0, 0.1) is 5.92 Å². The molecule has 1 nitrogen and oxygen atoms in total. The van der Waals surface area contributed by atoms with Crippen LogP contribution in [0.2, 0.25) is 0 Å². The molecule has 2 N–H and O–H groups in total. The molecule has 0 spiro atoms. The van der Waals surface area contributed by atoms with Crippen molar-refractivity contribution in [3.63, 3.8) is 0 Å². The van der Waals surface area contributed by atoms with Crippen LogP contribution in [-0.4, -0.2) is 0 Å². The molecule has 0 aliphatic heterocycles. The monoisotopic (exact) mass is 259 g/mol. The summed E-state index contributed by atoms with van der Waals surface area (Å²) >= 11 is 0. The van der Waals surface area contributed by atoms with Crippen molar-refractivity contribution in [2.75, 3.05) is 0 Å². The highest BCUT2D eigenvalue weighted by molar-refractivity contribution is 5.29. The fourth-order valence-corrected chi connectivity index (χ4v) is 3.15. The van der Waals surface area contributed by atoms with Crippen molar-refractivity contribution in [2.24, 2.45) is 11.7 Å². The maximum atomic E-state index is 6.50. The minimum Gasteiger partial charge on any atom is -0.324 e. The average Bonchev–Trinajstić information content (AvgIpc) is 2.66. The van der Waals surface area contributed by atoms with Gasteiger partial charge in [0.15, 0.2) is 0 Å². The van der Waals surface area contributed by atoms with E-state index in [-0.39, 0.29) is 11.5 Å². The Morgan fingerprint density at radius 1 is 0.947 bits per heavy atom. The van der Waals surface area contributed by atoms with E-state index in [0.717, 1.165) is 0 Å². The van der Waals surface area contributed by atoms with E-state index >= 15 is 0 Å². The molecular weight excluding hydrogens is 230 g/mol. The molecular formula is C18H29N. The summed E-state index contributed by atoms with van der Waals surface area (Å²) in [7, 11) is 0. The highest BCUT2D eigenvalue weighted by Crippen LogP contribution is 2.32. The summed E-state index contributed by atoms with van der Waals surface area (Å²) in [6.45, 7) is 6.77. The lowest BCUT2D eigenvalue weighted by Gasteiger charge is -2.24. The molecule has 0 saturated heterocycles. The fourth-order valence-electron chi connectivity index (χ4n) is 3.15. The molecule has 106 valence electrons. The van der Waals surface area contributed by atoms with Crippen LogP contribution in [0.25, 0.3) is 0 Å². The molecule has 1 atom stereocenters. The van der Waals surface area contributed by atoms with E-state index in [1.165, 1.54) is 49.7 Å². The largest absolute Gasteiger partial charge is 0.324 e. The molecule has 2 rings (SSSR count). The molecule has 1 heteroatoms. The van der Waals surface area contributed by atoms with E-state index in [0.29, 0.717) is 5.92 Å². The van der Waals surface area contributed by atoms with Crippen LogP contribution in [0.3, 0.4) is 0 Å². The van der Waals surface area contributed by atoms with Gasteiger partial charge < -0.3 is 5.73 Å². The Labute approximate surface area is 118 Å². The number of nitrogens with two attached hydrogens (primary N) is 1. The Balaban J connectivity index is 2.08. The molecule has 0 heterocycles. The summed E-state index contributed by atoms with van der Waals surface area (Å²) in [6.07, 6.45) is 8.12. The Kier molecular flexibility index (Phi) is 4.67. The fraction of sp³-hybridized carbons (Fsp3) is 0.667. The molecule has 1 saturated carbocycles. The van der Waals surface area contributed by atoms with Gasteiger partial charge in [-0.15, -0.1) is 0 Å². The number of rotatable bonds is 2. The predicted molar refractivity (Wildman–Crippen MR) is 83.3 cm³/mol. The SMILES string of the molecule is CC(C)(C)c1ccc(C(N)C2CCCCCC2)cc1. The third-order valence-corrected chi connectivity index (χ3v) is 4.57. The molecule has 0 amide bonds. The van der Waals surface area contributed by atoms with E-state index in [9.17, 15) is 0 Å². The van der Waals surface area contributed by atoms with E-state index < -0.39 is 0 Å². The molecule has 1 aromatic rings. The molecule has 0 bridgehead atoms. The van der Waals surface area contributed by atoms with Crippen LogP contribution in [0.4, 0.5) is 0 Å². The third-order valence-electron chi connectivity index (χ3n) is 4.57. The van der Waals surface area contributed by atoms with Gasteiger partial charge in [0.1, 0.15) is 0 Å². The first kappa shape index (κ1) is 14.6. The molecule has 0 aromatic heterocycles. The first-order chi connectivity index (χ1) is 8.98. The molecule has 1 unspecified atom stereocenters. The van der Waals surface area contributed by atoms with Gasteiger partial charge in [0, 0.05) is 6.04 Å². The molecule has 0 radical (unpaired) electrons. The molecule has 1 aromatic carbocycles. The van der Waals surface area contributed by atoms with Crippen molar-refractivity contribution in [1.82, 2.24) is 0 Å². The third kappa shape index (κ3) is 3.82. The van der Waals surface area contributed by atoms with Gasteiger partial charge in [-0.05, 0) is 35.3 Å². The zero-order valence-electron chi connectivity index (χ0n) is 12.8. The molecule has 1 fully saturated rings. The van der Waals surface area contributed by atoms with Gasteiger partial charge in [0.25, 0.3) is 0 Å². The second-order valence-corrected chi connectivity index (χ2v) is 7.15. The van der Waals surface area contributed by atoms with E-state index in [1.807, 2.05) is 0 Å². The van der Waals surface area contributed by atoms with Crippen molar-refractivity contribution in [2.45, 2.75) is 70.8 Å². The maximum Gasteiger partial charge on any atom is 0.0323 e. The average molecular weight is 259 g/mol. The molecule has 19 heavy (non-hydrogen) atoms. The highest BCUT2D eigenvalue weighted by Gasteiger charge is 2.21. The Morgan fingerprint density at radius 3 is 1.95 bits per heavy atom. The van der Waals surface area contributed by atoms with Crippen molar-refractivity contribution in [1.29, 1.82) is 0 Å². The lowest BCUT2D eigenvalue weighted by molar-refractivity contribution is 0.382. The van der Waals surface area contributed by atoms with Gasteiger partial charge in [-0.2, -0.15) is 0 Å². The van der Waals surface area contributed by atoms with Crippen LogP contribution < -0.4 is 5.73 Å². The first-order valence-electron chi connectivity index (χ1n) is 7.84. The Bertz CT molecular complexity index is 377. The molecule has 1 aliphatic rings. The lowest BCUT2D eigenvalue weighted by Crippen LogP contribution is -2.21. The summed E-state index contributed by atoms with van der Waals surface area (Å²) in [5.41, 5.74) is 9.44. The summed E-state index contributed by atoms with van der Waals surface area (Å²) < 4.78 is 0. The van der Waals surface area contributed by atoms with E-state index in [4.69, 9.17) is 5.73 Å². The van der Waals surface area contributed by atoms with Gasteiger partial charge in [0.05, 0.1) is 0 Å².